The van der Waals surface area contributed by atoms with Crippen molar-refractivity contribution < 1.29 is 0 Å². The lowest BCUT2D eigenvalue weighted by Gasteiger charge is -2.07. The summed E-state index contributed by atoms with van der Waals surface area (Å²) in [5.74, 6) is 3.28. The normalized spacial score (nSPS) is 75.3. The number of alkyl halides is 2. The molecule has 50 valence electrons. The largest absolute Gasteiger partial charge is 0.122 e. The lowest BCUT2D eigenvalue weighted by molar-refractivity contribution is 0.616. The van der Waals surface area contributed by atoms with E-state index in [0.29, 0.717) is 16.7 Å². The van der Waals surface area contributed by atoms with Gasteiger partial charge < -0.3 is 0 Å². The number of rotatable bonds is 0. The third kappa shape index (κ3) is 0.397. The molecule has 0 N–H and O–H groups in total. The topological polar surface area (TPSA) is 0 Å². The summed E-state index contributed by atoms with van der Waals surface area (Å²) in [5, 5.41) is 0.894. The SMILES string of the molecule is Cl[C@@H]1C2C3CC1[C@H](Cl)C32. The number of hydrogen-bond donors (Lipinski definition) is 0. The maximum atomic E-state index is 6.11. The molecule has 2 heteroatoms. The third-order valence-corrected chi connectivity index (χ3v) is 4.62. The highest BCUT2D eigenvalue weighted by atomic mass is 35.5. The quantitative estimate of drug-likeness (QED) is 0.479. The molecule has 0 aromatic rings. The van der Waals surface area contributed by atoms with E-state index in [2.05, 4.69) is 0 Å². The standard InChI is InChI=1S/C7H8Cl2/c8-6-3-1-2-4(6)5(2)7(3)9/h2-7H,1H2/t2?,3?,4?,5?,6-,7-/m0/s1. The molecular formula is C7H8Cl2. The van der Waals surface area contributed by atoms with Crippen molar-refractivity contribution in [1.82, 2.24) is 0 Å². The minimum atomic E-state index is 0.447. The molecule has 0 aromatic carbocycles. The van der Waals surface area contributed by atoms with E-state index >= 15 is 0 Å². The Hall–Kier alpha value is 0.580. The van der Waals surface area contributed by atoms with E-state index in [0.717, 1.165) is 17.8 Å². The smallest absolute Gasteiger partial charge is 0.0412 e. The first-order valence-corrected chi connectivity index (χ1v) is 4.46. The summed E-state index contributed by atoms with van der Waals surface area (Å²) in [4.78, 5) is 0. The fourth-order valence-corrected chi connectivity index (χ4v) is 4.26. The minimum Gasteiger partial charge on any atom is -0.122 e. The maximum Gasteiger partial charge on any atom is 0.0412 e. The van der Waals surface area contributed by atoms with E-state index in [4.69, 9.17) is 23.2 Å². The Morgan fingerprint density at radius 2 is 1.44 bits per heavy atom. The van der Waals surface area contributed by atoms with Crippen LogP contribution >= 0.6 is 23.2 Å². The molecule has 4 fully saturated rings. The molecule has 0 aromatic heterocycles. The summed E-state index contributed by atoms with van der Waals surface area (Å²) in [5.41, 5.74) is 0. The first-order valence-electron chi connectivity index (χ1n) is 3.59. The van der Waals surface area contributed by atoms with Crippen LogP contribution in [0.4, 0.5) is 0 Å². The fraction of sp³-hybridized carbons (Fsp3) is 1.00. The molecule has 0 nitrogen and oxygen atoms in total. The Kier molecular flexibility index (Phi) is 0.751. The highest BCUT2D eigenvalue weighted by Crippen LogP contribution is 2.73. The van der Waals surface area contributed by atoms with Gasteiger partial charge in [0.15, 0.2) is 0 Å². The van der Waals surface area contributed by atoms with Gasteiger partial charge in [0.05, 0.1) is 0 Å². The molecule has 4 rings (SSSR count). The number of halogens is 2. The van der Waals surface area contributed by atoms with Crippen LogP contribution in [-0.2, 0) is 0 Å². The van der Waals surface area contributed by atoms with E-state index in [9.17, 15) is 0 Å². The van der Waals surface area contributed by atoms with E-state index in [-0.39, 0.29) is 0 Å². The zero-order chi connectivity index (χ0) is 6.17. The average molecular weight is 163 g/mol. The first kappa shape index (κ1) is 5.26. The van der Waals surface area contributed by atoms with Crippen molar-refractivity contribution in [2.45, 2.75) is 17.2 Å². The molecule has 9 heavy (non-hydrogen) atoms. The third-order valence-electron chi connectivity index (χ3n) is 3.39. The van der Waals surface area contributed by atoms with Crippen molar-refractivity contribution in [2.75, 3.05) is 0 Å². The van der Waals surface area contributed by atoms with Crippen molar-refractivity contribution in [1.29, 1.82) is 0 Å². The molecule has 4 saturated carbocycles. The fourth-order valence-electron chi connectivity index (χ4n) is 2.96. The Labute approximate surface area is 64.5 Å². The first-order chi connectivity index (χ1) is 4.30. The molecule has 0 saturated heterocycles. The Morgan fingerprint density at radius 3 is 1.56 bits per heavy atom. The van der Waals surface area contributed by atoms with Crippen molar-refractivity contribution in [3.05, 3.63) is 0 Å². The van der Waals surface area contributed by atoms with Crippen LogP contribution in [-0.4, -0.2) is 10.8 Å². The van der Waals surface area contributed by atoms with Crippen LogP contribution in [0.3, 0.4) is 0 Å². The highest BCUT2D eigenvalue weighted by Gasteiger charge is 2.72. The summed E-state index contributed by atoms with van der Waals surface area (Å²) >= 11 is 12.2. The molecule has 0 heterocycles. The van der Waals surface area contributed by atoms with Gasteiger partial charge in [0, 0.05) is 10.8 Å². The molecular weight excluding hydrogens is 155 g/mol. The van der Waals surface area contributed by atoms with Gasteiger partial charge in [-0.25, -0.2) is 0 Å². The van der Waals surface area contributed by atoms with Gasteiger partial charge in [-0.15, -0.1) is 23.2 Å². The number of hydrogen-bond acceptors (Lipinski definition) is 0. The van der Waals surface area contributed by atoms with Crippen molar-refractivity contribution >= 4 is 23.2 Å². The summed E-state index contributed by atoms with van der Waals surface area (Å²) in [7, 11) is 0. The second-order valence-electron chi connectivity index (χ2n) is 3.61. The zero-order valence-corrected chi connectivity index (χ0v) is 6.44. The van der Waals surface area contributed by atoms with Gasteiger partial charge in [-0.1, -0.05) is 0 Å². The van der Waals surface area contributed by atoms with Crippen LogP contribution in [0.1, 0.15) is 6.42 Å². The summed E-state index contributed by atoms with van der Waals surface area (Å²) in [6.07, 6.45) is 1.33. The summed E-state index contributed by atoms with van der Waals surface area (Å²) in [6.45, 7) is 0. The predicted molar refractivity (Wildman–Crippen MR) is 37.9 cm³/mol. The van der Waals surface area contributed by atoms with Crippen LogP contribution in [0, 0.1) is 23.7 Å². The Bertz CT molecular complexity index is 148. The lowest BCUT2D eigenvalue weighted by atomic mass is 10.1. The van der Waals surface area contributed by atoms with E-state index < -0.39 is 0 Å². The van der Waals surface area contributed by atoms with Gasteiger partial charge >= 0.3 is 0 Å². The molecule has 0 spiro atoms. The molecule has 4 aliphatic rings. The summed E-state index contributed by atoms with van der Waals surface area (Å²) < 4.78 is 0. The molecule has 0 aliphatic heterocycles. The zero-order valence-electron chi connectivity index (χ0n) is 4.93. The monoisotopic (exact) mass is 162 g/mol. The van der Waals surface area contributed by atoms with Crippen LogP contribution in [0.5, 0.6) is 0 Å². The minimum absolute atomic E-state index is 0.447. The molecule has 0 radical (unpaired) electrons. The lowest BCUT2D eigenvalue weighted by Crippen LogP contribution is -2.10. The van der Waals surface area contributed by atoms with Crippen molar-refractivity contribution in [3.63, 3.8) is 0 Å². The van der Waals surface area contributed by atoms with Gasteiger partial charge in [-0.2, -0.15) is 0 Å². The van der Waals surface area contributed by atoms with E-state index in [1.54, 1.807) is 0 Å². The van der Waals surface area contributed by atoms with Crippen LogP contribution < -0.4 is 0 Å². The second kappa shape index (κ2) is 1.29. The van der Waals surface area contributed by atoms with Gasteiger partial charge in [0.2, 0.25) is 0 Å². The van der Waals surface area contributed by atoms with E-state index in [1.165, 1.54) is 6.42 Å². The van der Waals surface area contributed by atoms with Gasteiger partial charge in [0.25, 0.3) is 0 Å². The molecule has 4 atom stereocenters. The molecule has 2 unspecified atom stereocenters. The van der Waals surface area contributed by atoms with Gasteiger partial charge in [0.1, 0.15) is 0 Å². The van der Waals surface area contributed by atoms with Gasteiger partial charge in [-0.3, -0.25) is 0 Å². The van der Waals surface area contributed by atoms with Crippen molar-refractivity contribution in [3.8, 4) is 0 Å². The second-order valence-corrected chi connectivity index (χ2v) is 4.61. The molecule has 0 amide bonds. The van der Waals surface area contributed by atoms with Crippen LogP contribution in [0.25, 0.3) is 0 Å². The average Bonchev–Trinajstić information content (AvgIpc) is 2.18. The summed E-state index contributed by atoms with van der Waals surface area (Å²) in [6, 6.07) is 0. The Balaban J connectivity index is 2.07. The Morgan fingerprint density at radius 1 is 0.889 bits per heavy atom. The highest BCUT2D eigenvalue weighted by molar-refractivity contribution is 6.26. The van der Waals surface area contributed by atoms with E-state index in [1.807, 2.05) is 0 Å². The molecule has 4 aliphatic carbocycles. The molecule has 4 bridgehead atoms. The maximum absolute atomic E-state index is 6.11. The predicted octanol–water partition coefficient (Wildman–Crippen LogP) is 2.10. The van der Waals surface area contributed by atoms with Crippen molar-refractivity contribution in [2.24, 2.45) is 23.7 Å². The van der Waals surface area contributed by atoms with Gasteiger partial charge in [-0.05, 0) is 30.1 Å². The van der Waals surface area contributed by atoms with Crippen LogP contribution in [0.2, 0.25) is 0 Å². The van der Waals surface area contributed by atoms with Crippen LogP contribution in [0.15, 0.2) is 0 Å².